The van der Waals surface area contributed by atoms with Gasteiger partial charge in [-0.25, -0.2) is 19.2 Å². The SMILES string of the molecule is [2H]c1cc(C(=O)Oc2ccc(C(=O)Oc3ccc(Cl)c(OC(=O)c4ccc(OC(=O)c5cc([2H])c(OCCCCCCCCCC=C)c([2H])c5)cc4)c3)cc2)cc([2H])c1OCCCCCCCCCC=C. The summed E-state index contributed by atoms with van der Waals surface area (Å²) in [5.41, 5.74) is 0.185. The molecule has 0 bridgehead atoms. The van der Waals surface area contributed by atoms with E-state index in [9.17, 15) is 19.2 Å². The lowest BCUT2D eigenvalue weighted by atomic mass is 10.1. The van der Waals surface area contributed by atoms with Crippen LogP contribution < -0.4 is 28.4 Å². The Morgan fingerprint density at radius 2 is 0.746 bits per heavy atom. The van der Waals surface area contributed by atoms with Crippen molar-refractivity contribution >= 4 is 35.5 Å². The van der Waals surface area contributed by atoms with Crippen LogP contribution in [0.15, 0.2) is 140 Å². The van der Waals surface area contributed by atoms with E-state index in [1.165, 1.54) is 130 Å². The van der Waals surface area contributed by atoms with Gasteiger partial charge in [-0.05, 0) is 148 Å². The fourth-order valence-corrected chi connectivity index (χ4v) is 6.80. The molecular formula is C56H61ClO10. The summed E-state index contributed by atoms with van der Waals surface area (Å²) in [7, 11) is 0. The average molecular weight is 934 g/mol. The largest absolute Gasteiger partial charge is 0.494 e. The lowest BCUT2D eigenvalue weighted by molar-refractivity contribution is 0.0723. The zero-order chi connectivity index (χ0) is 51.0. The first-order valence-electron chi connectivity index (χ1n) is 24.9. The minimum absolute atomic E-state index is 0.000330. The van der Waals surface area contributed by atoms with E-state index in [2.05, 4.69) is 13.2 Å². The Morgan fingerprint density at radius 3 is 1.15 bits per heavy atom. The quantitative estimate of drug-likeness (QED) is 0.0190. The number of allylic oxidation sites excluding steroid dienone is 2. The molecule has 0 N–H and O–H groups in total. The Balaban J connectivity index is 1.06. The maximum absolute atomic E-state index is 13.1. The van der Waals surface area contributed by atoms with Gasteiger partial charge in [0.2, 0.25) is 0 Å². The standard InChI is InChI=1S/C56H61ClO10/c1-3-5-7-9-11-13-15-17-19-39-62-46-29-21-42(22-30-46)53(58)64-48-33-25-44(26-34-48)55(60)66-50-37-38-51(57)52(41-50)67-56(61)45-27-35-49(36-28-45)65-54(59)43-23-31-47(32-24-43)63-40-20-18-16-14-12-10-8-6-4-2/h3-4,21-38,41H,1-2,5-20,39-40H2/i29D,30D,31D,32D. The summed E-state index contributed by atoms with van der Waals surface area (Å²) in [5.74, 6) is -2.85. The van der Waals surface area contributed by atoms with E-state index in [0.29, 0.717) is 13.2 Å². The molecule has 0 heterocycles. The molecule has 0 atom stereocenters. The van der Waals surface area contributed by atoms with Gasteiger partial charge < -0.3 is 28.4 Å². The number of halogens is 1. The highest BCUT2D eigenvalue weighted by Gasteiger charge is 2.17. The highest BCUT2D eigenvalue weighted by atomic mass is 35.5. The van der Waals surface area contributed by atoms with Crippen molar-refractivity contribution in [2.24, 2.45) is 0 Å². The van der Waals surface area contributed by atoms with Gasteiger partial charge in [-0.15, -0.1) is 13.2 Å². The lowest BCUT2D eigenvalue weighted by Gasteiger charge is -2.10. The van der Waals surface area contributed by atoms with Crippen LogP contribution in [0.3, 0.4) is 0 Å². The van der Waals surface area contributed by atoms with Crippen LogP contribution in [0.1, 0.15) is 150 Å². The van der Waals surface area contributed by atoms with Gasteiger partial charge in [0.05, 0.1) is 46.0 Å². The summed E-state index contributed by atoms with van der Waals surface area (Å²) in [6.07, 6.45) is 21.2. The Hall–Kier alpha value is -6.65. The molecule has 0 aliphatic carbocycles. The van der Waals surface area contributed by atoms with E-state index in [1.807, 2.05) is 12.2 Å². The van der Waals surface area contributed by atoms with Gasteiger partial charge in [0.15, 0.2) is 5.75 Å². The van der Waals surface area contributed by atoms with Crippen molar-refractivity contribution in [3.63, 3.8) is 0 Å². The Kier molecular flexibility index (Phi) is 19.8. The molecule has 67 heavy (non-hydrogen) atoms. The molecule has 0 unspecified atom stereocenters. The van der Waals surface area contributed by atoms with Crippen molar-refractivity contribution in [1.29, 1.82) is 0 Å². The molecule has 0 saturated carbocycles. The predicted octanol–water partition coefficient (Wildman–Crippen LogP) is 14.6. The Labute approximate surface area is 405 Å². The number of hydrogen-bond donors (Lipinski definition) is 0. The summed E-state index contributed by atoms with van der Waals surface area (Å²) in [4.78, 5) is 52.1. The zero-order valence-electron chi connectivity index (χ0n) is 41.9. The molecule has 10 nitrogen and oxygen atoms in total. The van der Waals surface area contributed by atoms with Crippen LogP contribution in [-0.2, 0) is 0 Å². The summed E-state index contributed by atoms with van der Waals surface area (Å²) >= 11 is 6.32. The minimum atomic E-state index is -0.810. The lowest BCUT2D eigenvalue weighted by Crippen LogP contribution is -2.11. The van der Waals surface area contributed by atoms with Crippen LogP contribution in [0, 0.1) is 0 Å². The number of carbonyl (C=O) groups excluding carboxylic acids is 4. The number of esters is 4. The first-order valence-corrected chi connectivity index (χ1v) is 23.3. The molecule has 0 aliphatic rings. The number of unbranched alkanes of at least 4 members (excludes halogenated alkanes) is 14. The monoisotopic (exact) mass is 932 g/mol. The van der Waals surface area contributed by atoms with Crippen LogP contribution >= 0.6 is 11.6 Å². The molecule has 5 rings (SSSR count). The number of ether oxygens (including phenoxy) is 6. The smallest absolute Gasteiger partial charge is 0.343 e. The Morgan fingerprint density at radius 1 is 0.418 bits per heavy atom. The van der Waals surface area contributed by atoms with Crippen molar-refractivity contribution in [1.82, 2.24) is 0 Å². The topological polar surface area (TPSA) is 124 Å². The Bertz CT molecular complexity index is 2540. The molecular weight excluding hydrogens is 868 g/mol. The van der Waals surface area contributed by atoms with Gasteiger partial charge in [-0.2, -0.15) is 0 Å². The molecule has 11 heteroatoms. The van der Waals surface area contributed by atoms with Gasteiger partial charge in [0.25, 0.3) is 0 Å². The van der Waals surface area contributed by atoms with E-state index < -0.39 is 23.9 Å². The average Bonchev–Trinajstić information content (AvgIpc) is 3.35. The molecule has 0 saturated heterocycles. The third-order valence-electron chi connectivity index (χ3n) is 10.4. The number of rotatable bonds is 30. The fourth-order valence-electron chi connectivity index (χ4n) is 6.64. The summed E-state index contributed by atoms with van der Waals surface area (Å²) in [6, 6.07) is 19.9. The zero-order valence-corrected chi connectivity index (χ0v) is 38.7. The number of benzene rings is 5. The molecule has 5 aromatic carbocycles. The molecule has 0 aromatic heterocycles. The second kappa shape index (κ2) is 29.1. The van der Waals surface area contributed by atoms with E-state index in [0.717, 1.165) is 64.2 Å². The van der Waals surface area contributed by atoms with Gasteiger partial charge in [0, 0.05) is 6.07 Å². The summed E-state index contributed by atoms with van der Waals surface area (Å²) < 4.78 is 66.7. The van der Waals surface area contributed by atoms with Crippen LogP contribution in [0.4, 0.5) is 0 Å². The van der Waals surface area contributed by atoms with Crippen molar-refractivity contribution in [2.45, 2.75) is 103 Å². The van der Waals surface area contributed by atoms with E-state index in [-0.39, 0.29) is 85.9 Å². The highest BCUT2D eigenvalue weighted by molar-refractivity contribution is 6.32. The predicted molar refractivity (Wildman–Crippen MR) is 262 cm³/mol. The molecule has 5 aromatic rings. The normalized spacial score (nSPS) is 11.5. The molecule has 0 amide bonds. The molecule has 352 valence electrons. The highest BCUT2D eigenvalue weighted by Crippen LogP contribution is 2.31. The van der Waals surface area contributed by atoms with Crippen LogP contribution in [0.25, 0.3) is 0 Å². The van der Waals surface area contributed by atoms with Crippen LogP contribution in [0.2, 0.25) is 5.02 Å². The van der Waals surface area contributed by atoms with E-state index in [1.54, 1.807) is 0 Å². The maximum Gasteiger partial charge on any atom is 0.343 e. The van der Waals surface area contributed by atoms with Gasteiger partial charge in [0.1, 0.15) is 28.7 Å². The van der Waals surface area contributed by atoms with Crippen LogP contribution in [0.5, 0.6) is 34.5 Å². The summed E-state index contributed by atoms with van der Waals surface area (Å²) in [6.45, 7) is 8.23. The molecule has 0 radical (unpaired) electrons. The second-order valence-corrected chi connectivity index (χ2v) is 16.1. The molecule has 0 aliphatic heterocycles. The van der Waals surface area contributed by atoms with E-state index >= 15 is 0 Å². The number of carbonyl (C=O) groups is 4. The van der Waals surface area contributed by atoms with Crippen molar-refractivity contribution < 1.29 is 53.1 Å². The fraction of sp³-hybridized carbons (Fsp3) is 0.321. The summed E-state index contributed by atoms with van der Waals surface area (Å²) in [5, 5.41) is 0.0547. The molecule has 0 spiro atoms. The minimum Gasteiger partial charge on any atom is -0.494 e. The van der Waals surface area contributed by atoms with Crippen molar-refractivity contribution in [3.05, 3.63) is 168 Å². The van der Waals surface area contributed by atoms with Crippen LogP contribution in [-0.4, -0.2) is 37.1 Å². The van der Waals surface area contributed by atoms with Gasteiger partial charge in [-0.1, -0.05) is 88.0 Å². The third-order valence-corrected chi connectivity index (χ3v) is 10.7. The van der Waals surface area contributed by atoms with Gasteiger partial charge >= 0.3 is 23.9 Å². The van der Waals surface area contributed by atoms with E-state index in [4.69, 9.17) is 45.5 Å². The third kappa shape index (κ3) is 18.6. The van der Waals surface area contributed by atoms with Crippen molar-refractivity contribution in [3.8, 4) is 34.5 Å². The first-order chi connectivity index (χ1) is 34.4. The maximum atomic E-state index is 13.1. The molecule has 0 fully saturated rings. The van der Waals surface area contributed by atoms with Crippen molar-refractivity contribution in [2.75, 3.05) is 13.2 Å². The van der Waals surface area contributed by atoms with Gasteiger partial charge in [-0.3, -0.25) is 0 Å². The number of hydrogen-bond acceptors (Lipinski definition) is 10. The second-order valence-electron chi connectivity index (χ2n) is 15.7. The first kappa shape index (κ1) is 45.5.